The highest BCUT2D eigenvalue weighted by Gasteiger charge is 2.28. The Bertz CT molecular complexity index is 417. The monoisotopic (exact) mass is 239 g/mol. The molecule has 1 atom stereocenters. The SMILES string of the molecule is CN(C)C(=O)[C@@H]1COc2cccc(Cl)c2C1. The number of carbonyl (C=O) groups excluding carboxylic acids is 1. The molecule has 0 radical (unpaired) electrons. The van der Waals surface area contributed by atoms with Crippen molar-refractivity contribution < 1.29 is 9.53 Å². The van der Waals surface area contributed by atoms with Crippen LogP contribution in [0.3, 0.4) is 0 Å². The number of ether oxygens (including phenoxy) is 1. The molecule has 0 aliphatic carbocycles. The maximum Gasteiger partial charge on any atom is 0.228 e. The summed E-state index contributed by atoms with van der Waals surface area (Å²) in [6.45, 7) is 0.435. The average molecular weight is 240 g/mol. The van der Waals surface area contributed by atoms with Gasteiger partial charge in [-0.1, -0.05) is 17.7 Å². The van der Waals surface area contributed by atoms with Crippen molar-refractivity contribution in [3.63, 3.8) is 0 Å². The molecule has 0 spiro atoms. The predicted octanol–water partition coefficient (Wildman–Crippen LogP) is 1.98. The van der Waals surface area contributed by atoms with E-state index in [-0.39, 0.29) is 11.8 Å². The van der Waals surface area contributed by atoms with E-state index < -0.39 is 0 Å². The lowest BCUT2D eigenvalue weighted by atomic mass is 9.95. The largest absolute Gasteiger partial charge is 0.492 e. The number of hydrogen-bond acceptors (Lipinski definition) is 2. The zero-order valence-corrected chi connectivity index (χ0v) is 10.1. The minimum atomic E-state index is -0.123. The quantitative estimate of drug-likeness (QED) is 0.750. The van der Waals surface area contributed by atoms with E-state index in [1.807, 2.05) is 18.2 Å². The molecule has 1 amide bonds. The smallest absolute Gasteiger partial charge is 0.228 e. The molecule has 0 N–H and O–H groups in total. The van der Waals surface area contributed by atoms with Crippen LogP contribution >= 0.6 is 11.6 Å². The molecule has 4 heteroatoms. The number of nitrogens with zero attached hydrogens (tertiary/aromatic N) is 1. The maximum atomic E-state index is 11.8. The minimum absolute atomic E-state index is 0.0885. The molecule has 0 bridgehead atoms. The van der Waals surface area contributed by atoms with Crippen LogP contribution in [0, 0.1) is 5.92 Å². The first-order valence-electron chi connectivity index (χ1n) is 5.21. The molecular formula is C12H14ClNO2. The molecule has 0 fully saturated rings. The highest BCUT2D eigenvalue weighted by atomic mass is 35.5. The molecule has 86 valence electrons. The van der Waals surface area contributed by atoms with E-state index in [2.05, 4.69) is 0 Å². The molecule has 1 heterocycles. The van der Waals surface area contributed by atoms with Crippen molar-refractivity contribution in [3.8, 4) is 5.75 Å². The first-order valence-corrected chi connectivity index (χ1v) is 5.58. The van der Waals surface area contributed by atoms with Gasteiger partial charge in [0.25, 0.3) is 0 Å². The van der Waals surface area contributed by atoms with E-state index >= 15 is 0 Å². The standard InChI is InChI=1S/C12H14ClNO2/c1-14(2)12(15)8-6-9-10(13)4-3-5-11(9)16-7-8/h3-5,8H,6-7H2,1-2H3/t8-/m0/s1. The van der Waals surface area contributed by atoms with Crippen LogP contribution in [-0.4, -0.2) is 31.5 Å². The summed E-state index contributed by atoms with van der Waals surface area (Å²) in [6.07, 6.45) is 0.659. The molecule has 0 saturated carbocycles. The molecule has 2 rings (SSSR count). The molecule has 0 saturated heterocycles. The van der Waals surface area contributed by atoms with Crippen molar-refractivity contribution in [2.75, 3.05) is 20.7 Å². The van der Waals surface area contributed by atoms with Gasteiger partial charge in [-0.15, -0.1) is 0 Å². The summed E-state index contributed by atoms with van der Waals surface area (Å²) in [7, 11) is 3.51. The number of rotatable bonds is 1. The summed E-state index contributed by atoms with van der Waals surface area (Å²) in [6, 6.07) is 5.57. The number of amides is 1. The van der Waals surface area contributed by atoms with Crippen LogP contribution in [0.2, 0.25) is 5.02 Å². The third-order valence-electron chi connectivity index (χ3n) is 2.76. The molecule has 1 aromatic rings. The lowest BCUT2D eigenvalue weighted by Crippen LogP contribution is -2.36. The summed E-state index contributed by atoms with van der Waals surface area (Å²) in [5.74, 6) is 0.767. The van der Waals surface area contributed by atoms with Gasteiger partial charge in [-0.25, -0.2) is 0 Å². The maximum absolute atomic E-state index is 11.8. The number of carbonyl (C=O) groups is 1. The van der Waals surface area contributed by atoms with Crippen LogP contribution in [0.5, 0.6) is 5.75 Å². The van der Waals surface area contributed by atoms with E-state index in [1.165, 1.54) is 0 Å². The summed E-state index contributed by atoms with van der Waals surface area (Å²) in [4.78, 5) is 13.4. The van der Waals surface area contributed by atoms with E-state index in [9.17, 15) is 4.79 Å². The molecular weight excluding hydrogens is 226 g/mol. The van der Waals surface area contributed by atoms with Crippen molar-refractivity contribution >= 4 is 17.5 Å². The van der Waals surface area contributed by atoms with E-state index in [0.717, 1.165) is 11.3 Å². The first kappa shape index (κ1) is 11.3. The third kappa shape index (κ3) is 2.00. The fraction of sp³-hybridized carbons (Fsp3) is 0.417. The van der Waals surface area contributed by atoms with Gasteiger partial charge in [0.05, 0.1) is 5.92 Å². The Balaban J connectivity index is 2.23. The minimum Gasteiger partial charge on any atom is -0.492 e. The Labute approximate surface area is 100.0 Å². The summed E-state index contributed by atoms with van der Waals surface area (Å²) < 4.78 is 5.56. The zero-order chi connectivity index (χ0) is 11.7. The Morgan fingerprint density at radius 2 is 2.25 bits per heavy atom. The predicted molar refractivity (Wildman–Crippen MR) is 62.8 cm³/mol. The Kier molecular flexibility index (Phi) is 3.06. The number of fused-ring (bicyclic) bond motifs is 1. The van der Waals surface area contributed by atoms with Gasteiger partial charge < -0.3 is 9.64 Å². The second-order valence-electron chi connectivity index (χ2n) is 4.16. The number of hydrogen-bond donors (Lipinski definition) is 0. The van der Waals surface area contributed by atoms with E-state index in [0.29, 0.717) is 18.1 Å². The lowest BCUT2D eigenvalue weighted by molar-refractivity contribution is -0.134. The second-order valence-corrected chi connectivity index (χ2v) is 4.57. The molecule has 3 nitrogen and oxygen atoms in total. The van der Waals surface area contributed by atoms with Crippen LogP contribution in [-0.2, 0) is 11.2 Å². The van der Waals surface area contributed by atoms with E-state index in [1.54, 1.807) is 19.0 Å². The van der Waals surface area contributed by atoms with E-state index in [4.69, 9.17) is 16.3 Å². The van der Waals surface area contributed by atoms with Gasteiger partial charge in [0.2, 0.25) is 5.91 Å². The fourth-order valence-corrected chi connectivity index (χ4v) is 2.13. The Hall–Kier alpha value is -1.22. The van der Waals surface area contributed by atoms with Gasteiger partial charge in [-0.3, -0.25) is 4.79 Å². The fourth-order valence-electron chi connectivity index (χ4n) is 1.89. The lowest BCUT2D eigenvalue weighted by Gasteiger charge is -2.27. The van der Waals surface area contributed by atoms with Crippen LogP contribution in [0.4, 0.5) is 0 Å². The van der Waals surface area contributed by atoms with Crippen molar-refractivity contribution in [1.82, 2.24) is 4.90 Å². The van der Waals surface area contributed by atoms with Crippen molar-refractivity contribution in [1.29, 1.82) is 0 Å². The van der Waals surface area contributed by atoms with Crippen molar-refractivity contribution in [3.05, 3.63) is 28.8 Å². The summed E-state index contributed by atoms with van der Waals surface area (Å²) in [5, 5.41) is 0.675. The Morgan fingerprint density at radius 1 is 1.50 bits per heavy atom. The van der Waals surface area contributed by atoms with Gasteiger partial charge in [0.1, 0.15) is 12.4 Å². The molecule has 0 aromatic heterocycles. The Morgan fingerprint density at radius 3 is 2.94 bits per heavy atom. The molecule has 16 heavy (non-hydrogen) atoms. The highest BCUT2D eigenvalue weighted by Crippen LogP contribution is 2.33. The topological polar surface area (TPSA) is 29.5 Å². The van der Waals surface area contributed by atoms with Gasteiger partial charge >= 0.3 is 0 Å². The second kappa shape index (κ2) is 4.34. The van der Waals surface area contributed by atoms with Gasteiger partial charge in [0, 0.05) is 24.7 Å². The zero-order valence-electron chi connectivity index (χ0n) is 9.37. The third-order valence-corrected chi connectivity index (χ3v) is 3.11. The van der Waals surface area contributed by atoms with Crippen LogP contribution in [0.15, 0.2) is 18.2 Å². The van der Waals surface area contributed by atoms with Crippen molar-refractivity contribution in [2.45, 2.75) is 6.42 Å². The summed E-state index contributed by atoms with van der Waals surface area (Å²) in [5.41, 5.74) is 0.940. The van der Waals surface area contributed by atoms with Gasteiger partial charge in [-0.2, -0.15) is 0 Å². The molecule has 0 unspecified atom stereocenters. The first-order chi connectivity index (χ1) is 7.59. The van der Waals surface area contributed by atoms with Crippen LogP contribution in [0.1, 0.15) is 5.56 Å². The molecule has 1 aromatic carbocycles. The van der Waals surface area contributed by atoms with Crippen LogP contribution in [0.25, 0.3) is 0 Å². The molecule has 1 aliphatic rings. The number of halogens is 1. The highest BCUT2D eigenvalue weighted by molar-refractivity contribution is 6.31. The average Bonchev–Trinajstić information content (AvgIpc) is 2.28. The summed E-state index contributed by atoms with van der Waals surface area (Å²) >= 11 is 6.09. The number of benzene rings is 1. The van der Waals surface area contributed by atoms with Crippen molar-refractivity contribution in [2.24, 2.45) is 5.92 Å². The normalized spacial score (nSPS) is 18.6. The van der Waals surface area contributed by atoms with Crippen LogP contribution < -0.4 is 4.74 Å². The van der Waals surface area contributed by atoms with Gasteiger partial charge in [0.15, 0.2) is 0 Å². The molecule has 1 aliphatic heterocycles. The van der Waals surface area contributed by atoms with Gasteiger partial charge in [-0.05, 0) is 18.6 Å².